The molecular formula is C12H18N4O. The van der Waals surface area contributed by atoms with Crippen LogP contribution < -0.4 is 4.90 Å². The van der Waals surface area contributed by atoms with Gasteiger partial charge in [0.1, 0.15) is 17.5 Å². The van der Waals surface area contributed by atoms with Crippen molar-refractivity contribution in [1.82, 2.24) is 9.78 Å². The summed E-state index contributed by atoms with van der Waals surface area (Å²) in [6.07, 6.45) is 3.22. The fraction of sp³-hybridized carbons (Fsp3) is 0.667. The van der Waals surface area contributed by atoms with Crippen LogP contribution in [0.1, 0.15) is 30.5 Å². The van der Waals surface area contributed by atoms with Gasteiger partial charge in [-0.2, -0.15) is 10.4 Å². The lowest BCUT2D eigenvalue weighted by molar-refractivity contribution is 0.238. The molecule has 1 N–H and O–H groups in total. The Morgan fingerprint density at radius 1 is 1.53 bits per heavy atom. The van der Waals surface area contributed by atoms with Crippen molar-refractivity contribution in [2.45, 2.75) is 32.2 Å². The van der Waals surface area contributed by atoms with Gasteiger partial charge in [-0.15, -0.1) is 0 Å². The number of rotatable bonds is 2. The third-order valence-corrected chi connectivity index (χ3v) is 3.41. The molecule has 2 rings (SSSR count). The largest absolute Gasteiger partial charge is 0.394 e. The van der Waals surface area contributed by atoms with Gasteiger partial charge in [-0.25, -0.2) is 0 Å². The number of aromatic nitrogens is 2. The Hall–Kier alpha value is -1.54. The monoisotopic (exact) mass is 234 g/mol. The minimum atomic E-state index is 0.116. The van der Waals surface area contributed by atoms with Gasteiger partial charge in [-0.05, 0) is 26.2 Å². The zero-order chi connectivity index (χ0) is 12.4. The van der Waals surface area contributed by atoms with Crippen LogP contribution in [0.25, 0.3) is 0 Å². The smallest absolute Gasteiger partial charge is 0.145 e. The fourth-order valence-corrected chi connectivity index (χ4v) is 2.58. The highest BCUT2D eigenvalue weighted by atomic mass is 16.3. The first kappa shape index (κ1) is 11.9. The van der Waals surface area contributed by atoms with Crippen molar-refractivity contribution >= 4 is 5.82 Å². The predicted octanol–water partition coefficient (Wildman–Crippen LogP) is 0.951. The summed E-state index contributed by atoms with van der Waals surface area (Å²) in [6.45, 7) is 2.87. The molecule has 0 amide bonds. The number of nitriles is 1. The zero-order valence-electron chi connectivity index (χ0n) is 10.3. The topological polar surface area (TPSA) is 65.1 Å². The molecule has 1 aliphatic rings. The van der Waals surface area contributed by atoms with Gasteiger partial charge < -0.3 is 10.0 Å². The maximum Gasteiger partial charge on any atom is 0.145 e. The van der Waals surface area contributed by atoms with Crippen LogP contribution in [-0.4, -0.2) is 34.1 Å². The maximum atomic E-state index is 9.43. The van der Waals surface area contributed by atoms with Crippen molar-refractivity contribution in [2.75, 3.05) is 18.1 Å². The van der Waals surface area contributed by atoms with Gasteiger partial charge in [-0.3, -0.25) is 4.68 Å². The first-order chi connectivity index (χ1) is 8.19. The molecule has 1 atom stereocenters. The normalized spacial score (nSPS) is 20.4. The van der Waals surface area contributed by atoms with Gasteiger partial charge in [0, 0.05) is 13.6 Å². The highest BCUT2D eigenvalue weighted by Gasteiger charge is 2.27. The van der Waals surface area contributed by atoms with E-state index in [9.17, 15) is 10.4 Å². The number of aliphatic hydroxyl groups excluding tert-OH is 1. The standard InChI is InChI=1S/C12H18N4O/c1-9-11(7-13)12(15(2)14-9)16-6-4-3-5-10(16)8-17/h10,17H,3-6,8H2,1-2H3. The molecule has 1 saturated heterocycles. The van der Waals surface area contributed by atoms with E-state index in [-0.39, 0.29) is 12.6 Å². The fourth-order valence-electron chi connectivity index (χ4n) is 2.58. The van der Waals surface area contributed by atoms with Crippen LogP contribution in [0.5, 0.6) is 0 Å². The summed E-state index contributed by atoms with van der Waals surface area (Å²) in [4.78, 5) is 2.13. The maximum absolute atomic E-state index is 9.43. The lowest BCUT2D eigenvalue weighted by atomic mass is 10.0. The van der Waals surface area contributed by atoms with Crippen molar-refractivity contribution < 1.29 is 5.11 Å². The van der Waals surface area contributed by atoms with Gasteiger partial charge in [-0.1, -0.05) is 0 Å². The highest BCUT2D eigenvalue weighted by molar-refractivity contribution is 5.57. The van der Waals surface area contributed by atoms with E-state index in [0.29, 0.717) is 5.56 Å². The number of nitrogens with zero attached hydrogens (tertiary/aromatic N) is 4. The lowest BCUT2D eigenvalue weighted by Gasteiger charge is -2.36. The molecule has 5 nitrogen and oxygen atoms in total. The van der Waals surface area contributed by atoms with E-state index in [1.165, 1.54) is 0 Å². The molecular weight excluding hydrogens is 216 g/mol. The number of anilines is 1. The highest BCUT2D eigenvalue weighted by Crippen LogP contribution is 2.28. The van der Waals surface area contributed by atoms with E-state index in [1.807, 2.05) is 14.0 Å². The molecule has 0 spiro atoms. The van der Waals surface area contributed by atoms with E-state index < -0.39 is 0 Å². The average molecular weight is 234 g/mol. The van der Waals surface area contributed by atoms with Crippen molar-refractivity contribution in [3.8, 4) is 6.07 Å². The molecule has 0 bridgehead atoms. The second kappa shape index (κ2) is 4.76. The van der Waals surface area contributed by atoms with Crippen LogP contribution in [0.4, 0.5) is 5.82 Å². The summed E-state index contributed by atoms with van der Waals surface area (Å²) in [5.74, 6) is 0.851. The van der Waals surface area contributed by atoms with E-state index in [4.69, 9.17) is 0 Å². The number of piperidine rings is 1. The Balaban J connectivity index is 2.41. The Morgan fingerprint density at radius 3 is 2.94 bits per heavy atom. The SMILES string of the molecule is Cc1nn(C)c(N2CCCCC2CO)c1C#N. The molecule has 0 aliphatic carbocycles. The van der Waals surface area contributed by atoms with Crippen LogP contribution in [0.2, 0.25) is 0 Å². The van der Waals surface area contributed by atoms with Crippen LogP contribution in [0.15, 0.2) is 0 Å². The van der Waals surface area contributed by atoms with Crippen LogP contribution in [0, 0.1) is 18.3 Å². The summed E-state index contributed by atoms with van der Waals surface area (Å²) in [5, 5.41) is 22.9. The first-order valence-electron chi connectivity index (χ1n) is 6.00. The van der Waals surface area contributed by atoms with Crippen molar-refractivity contribution in [3.05, 3.63) is 11.3 Å². The minimum absolute atomic E-state index is 0.116. The first-order valence-corrected chi connectivity index (χ1v) is 6.00. The molecule has 0 aromatic carbocycles. The molecule has 1 fully saturated rings. The third-order valence-electron chi connectivity index (χ3n) is 3.41. The Bertz CT molecular complexity index is 446. The van der Waals surface area contributed by atoms with Crippen LogP contribution >= 0.6 is 0 Å². The van der Waals surface area contributed by atoms with E-state index >= 15 is 0 Å². The number of hydrogen-bond donors (Lipinski definition) is 1. The van der Waals surface area contributed by atoms with E-state index in [0.717, 1.165) is 37.3 Å². The van der Waals surface area contributed by atoms with E-state index in [1.54, 1.807) is 4.68 Å². The minimum Gasteiger partial charge on any atom is -0.394 e. The molecule has 92 valence electrons. The molecule has 17 heavy (non-hydrogen) atoms. The molecule has 1 aliphatic heterocycles. The number of aliphatic hydroxyl groups is 1. The summed E-state index contributed by atoms with van der Waals surface area (Å²) in [5.41, 5.74) is 1.39. The Kier molecular flexibility index (Phi) is 3.34. The molecule has 1 aromatic heterocycles. The van der Waals surface area contributed by atoms with E-state index in [2.05, 4.69) is 16.1 Å². The van der Waals surface area contributed by atoms with Crippen molar-refractivity contribution in [2.24, 2.45) is 7.05 Å². The second-order valence-corrected chi connectivity index (χ2v) is 4.55. The molecule has 5 heteroatoms. The predicted molar refractivity (Wildman–Crippen MR) is 64.7 cm³/mol. The van der Waals surface area contributed by atoms with Crippen LogP contribution in [-0.2, 0) is 7.05 Å². The van der Waals surface area contributed by atoms with Crippen molar-refractivity contribution in [1.29, 1.82) is 5.26 Å². The van der Waals surface area contributed by atoms with Gasteiger partial charge >= 0.3 is 0 Å². The third kappa shape index (κ3) is 2.01. The number of hydrogen-bond acceptors (Lipinski definition) is 4. The second-order valence-electron chi connectivity index (χ2n) is 4.55. The zero-order valence-corrected chi connectivity index (χ0v) is 10.3. The van der Waals surface area contributed by atoms with Gasteiger partial charge in [0.25, 0.3) is 0 Å². The lowest BCUT2D eigenvalue weighted by Crippen LogP contribution is -2.43. The summed E-state index contributed by atoms with van der Waals surface area (Å²) in [7, 11) is 1.85. The molecule has 2 heterocycles. The van der Waals surface area contributed by atoms with Crippen molar-refractivity contribution in [3.63, 3.8) is 0 Å². The van der Waals surface area contributed by atoms with Gasteiger partial charge in [0.05, 0.1) is 18.3 Å². The van der Waals surface area contributed by atoms with Crippen LogP contribution in [0.3, 0.4) is 0 Å². The average Bonchev–Trinajstić information content (AvgIpc) is 2.63. The Labute approximate surface area is 101 Å². The molecule has 0 radical (unpaired) electrons. The summed E-state index contributed by atoms with van der Waals surface area (Å²) >= 11 is 0. The Morgan fingerprint density at radius 2 is 2.29 bits per heavy atom. The van der Waals surface area contributed by atoms with Gasteiger partial charge in [0.2, 0.25) is 0 Å². The number of aryl methyl sites for hydroxylation is 2. The summed E-state index contributed by atoms with van der Waals surface area (Å²) < 4.78 is 1.75. The quantitative estimate of drug-likeness (QED) is 0.827. The van der Waals surface area contributed by atoms with Gasteiger partial charge in [0.15, 0.2) is 0 Å². The molecule has 0 saturated carbocycles. The molecule has 1 unspecified atom stereocenters. The summed E-state index contributed by atoms with van der Waals surface area (Å²) in [6, 6.07) is 2.34. The molecule has 1 aromatic rings.